The third-order valence-corrected chi connectivity index (χ3v) is 4.99. The van der Waals surface area contributed by atoms with E-state index in [0.717, 1.165) is 58.3 Å². The molecule has 0 spiro atoms. The van der Waals surface area contributed by atoms with Crippen molar-refractivity contribution in [3.63, 3.8) is 0 Å². The number of nitrogens with zero attached hydrogens (tertiary/aromatic N) is 2. The minimum atomic E-state index is 0.342. The SMILES string of the molecule is CCCNC(=NCC(c1ccc(C)s1)N1CCOCC1)NCC. The summed E-state index contributed by atoms with van der Waals surface area (Å²) >= 11 is 1.88. The van der Waals surface area contributed by atoms with Crippen molar-refractivity contribution in [3.05, 3.63) is 21.9 Å². The second kappa shape index (κ2) is 9.90. The number of thiophene rings is 1. The fourth-order valence-electron chi connectivity index (χ4n) is 2.67. The average Bonchev–Trinajstić information content (AvgIpc) is 3.00. The molecule has 1 aromatic rings. The lowest BCUT2D eigenvalue weighted by Crippen LogP contribution is -2.41. The lowest BCUT2D eigenvalue weighted by atomic mass is 10.2. The average molecular weight is 339 g/mol. The molecular weight excluding hydrogens is 308 g/mol. The van der Waals surface area contributed by atoms with Crippen LogP contribution in [0.5, 0.6) is 0 Å². The maximum absolute atomic E-state index is 5.51. The first-order valence-corrected chi connectivity index (χ1v) is 9.46. The molecular formula is C17H30N4OS. The van der Waals surface area contributed by atoms with Crippen LogP contribution in [-0.2, 0) is 4.74 Å². The molecule has 1 aliphatic heterocycles. The summed E-state index contributed by atoms with van der Waals surface area (Å²) in [4.78, 5) is 10.1. The Balaban J connectivity index is 2.09. The van der Waals surface area contributed by atoms with E-state index in [4.69, 9.17) is 9.73 Å². The lowest BCUT2D eigenvalue weighted by Gasteiger charge is -2.33. The van der Waals surface area contributed by atoms with Gasteiger partial charge in [0.05, 0.1) is 25.8 Å². The third kappa shape index (κ3) is 5.79. The summed E-state index contributed by atoms with van der Waals surface area (Å²) in [5.41, 5.74) is 0. The van der Waals surface area contributed by atoms with Gasteiger partial charge in [-0.25, -0.2) is 0 Å². The topological polar surface area (TPSA) is 48.9 Å². The van der Waals surface area contributed by atoms with Gasteiger partial charge in [-0.05, 0) is 32.4 Å². The molecule has 1 unspecified atom stereocenters. The Kier molecular flexibility index (Phi) is 7.85. The second-order valence-electron chi connectivity index (χ2n) is 5.76. The van der Waals surface area contributed by atoms with Crippen LogP contribution in [0.2, 0.25) is 0 Å². The van der Waals surface area contributed by atoms with Gasteiger partial charge in [-0.2, -0.15) is 0 Å². The quantitative estimate of drug-likeness (QED) is 0.592. The Hall–Kier alpha value is -1.11. The smallest absolute Gasteiger partial charge is 0.191 e. The van der Waals surface area contributed by atoms with E-state index in [1.54, 1.807) is 0 Å². The molecule has 0 saturated carbocycles. The third-order valence-electron chi connectivity index (χ3n) is 3.89. The van der Waals surface area contributed by atoms with Crippen LogP contribution < -0.4 is 10.6 Å². The van der Waals surface area contributed by atoms with E-state index in [0.29, 0.717) is 6.04 Å². The van der Waals surface area contributed by atoms with Crippen LogP contribution in [0.3, 0.4) is 0 Å². The van der Waals surface area contributed by atoms with E-state index in [-0.39, 0.29) is 0 Å². The van der Waals surface area contributed by atoms with Crippen molar-refractivity contribution in [1.82, 2.24) is 15.5 Å². The summed E-state index contributed by atoms with van der Waals surface area (Å²) in [5.74, 6) is 0.917. The molecule has 1 fully saturated rings. The largest absolute Gasteiger partial charge is 0.379 e. The standard InChI is InChI=1S/C17H30N4OS/c1-4-8-19-17(18-5-2)20-13-15(16-7-6-14(3)23-16)21-9-11-22-12-10-21/h6-7,15H,4-5,8-13H2,1-3H3,(H2,18,19,20). The Morgan fingerprint density at radius 2 is 2.09 bits per heavy atom. The van der Waals surface area contributed by atoms with Gasteiger partial charge in [0, 0.05) is 35.9 Å². The molecule has 1 saturated heterocycles. The van der Waals surface area contributed by atoms with Crippen LogP contribution in [0.4, 0.5) is 0 Å². The lowest BCUT2D eigenvalue weighted by molar-refractivity contribution is 0.0186. The van der Waals surface area contributed by atoms with Crippen LogP contribution in [0.25, 0.3) is 0 Å². The predicted molar refractivity (Wildman–Crippen MR) is 98.5 cm³/mol. The number of ether oxygens (including phenoxy) is 1. The van der Waals surface area contributed by atoms with Crippen LogP contribution in [-0.4, -0.2) is 56.8 Å². The van der Waals surface area contributed by atoms with E-state index in [2.05, 4.69) is 48.4 Å². The van der Waals surface area contributed by atoms with Gasteiger partial charge >= 0.3 is 0 Å². The fraction of sp³-hybridized carbons (Fsp3) is 0.706. The highest BCUT2D eigenvalue weighted by Gasteiger charge is 2.23. The molecule has 0 amide bonds. The number of guanidine groups is 1. The van der Waals surface area contributed by atoms with E-state index in [1.807, 2.05) is 11.3 Å². The second-order valence-corrected chi connectivity index (χ2v) is 7.08. The van der Waals surface area contributed by atoms with Crippen molar-refractivity contribution in [2.75, 3.05) is 45.9 Å². The number of morpholine rings is 1. The van der Waals surface area contributed by atoms with Crippen LogP contribution in [0.15, 0.2) is 17.1 Å². The van der Waals surface area contributed by atoms with Crippen LogP contribution in [0.1, 0.15) is 36.1 Å². The Morgan fingerprint density at radius 3 is 2.70 bits per heavy atom. The van der Waals surface area contributed by atoms with Crippen molar-refractivity contribution in [1.29, 1.82) is 0 Å². The highest BCUT2D eigenvalue weighted by molar-refractivity contribution is 7.12. The van der Waals surface area contributed by atoms with Gasteiger partial charge in [0.1, 0.15) is 0 Å². The highest BCUT2D eigenvalue weighted by Crippen LogP contribution is 2.28. The number of rotatable bonds is 7. The molecule has 0 radical (unpaired) electrons. The van der Waals surface area contributed by atoms with Gasteiger partial charge < -0.3 is 15.4 Å². The maximum atomic E-state index is 5.51. The minimum Gasteiger partial charge on any atom is -0.379 e. The van der Waals surface area contributed by atoms with Gasteiger partial charge in [0.25, 0.3) is 0 Å². The van der Waals surface area contributed by atoms with Gasteiger partial charge in [-0.15, -0.1) is 11.3 Å². The first kappa shape index (κ1) is 18.2. The maximum Gasteiger partial charge on any atom is 0.191 e. The predicted octanol–water partition coefficient (Wildman–Crippen LogP) is 2.39. The molecule has 0 bridgehead atoms. The highest BCUT2D eigenvalue weighted by atomic mass is 32.1. The summed E-state index contributed by atoms with van der Waals surface area (Å²) in [6.45, 7) is 12.7. The molecule has 130 valence electrons. The summed E-state index contributed by atoms with van der Waals surface area (Å²) < 4.78 is 5.51. The van der Waals surface area contributed by atoms with E-state index in [1.165, 1.54) is 9.75 Å². The van der Waals surface area contributed by atoms with Gasteiger partial charge in [0.15, 0.2) is 5.96 Å². The van der Waals surface area contributed by atoms with Crippen LogP contribution >= 0.6 is 11.3 Å². The summed E-state index contributed by atoms with van der Waals surface area (Å²) in [6.07, 6.45) is 1.10. The molecule has 1 atom stereocenters. The fourth-order valence-corrected chi connectivity index (χ4v) is 3.67. The van der Waals surface area contributed by atoms with E-state index in [9.17, 15) is 0 Å². The normalized spacial score (nSPS) is 18.0. The molecule has 6 heteroatoms. The molecule has 5 nitrogen and oxygen atoms in total. The number of nitrogens with one attached hydrogen (secondary N) is 2. The number of aryl methyl sites for hydroxylation is 1. The van der Waals surface area contributed by atoms with Crippen molar-refractivity contribution in [2.24, 2.45) is 4.99 Å². The number of hydrogen-bond donors (Lipinski definition) is 2. The first-order chi connectivity index (χ1) is 11.2. The number of aliphatic imine (C=N–C) groups is 1. The summed E-state index contributed by atoms with van der Waals surface area (Å²) in [6, 6.07) is 4.80. The summed E-state index contributed by atoms with van der Waals surface area (Å²) in [7, 11) is 0. The molecule has 0 aromatic carbocycles. The zero-order valence-electron chi connectivity index (χ0n) is 14.6. The van der Waals surface area contributed by atoms with Crippen molar-refractivity contribution < 1.29 is 4.74 Å². The van der Waals surface area contributed by atoms with Gasteiger partial charge in [0.2, 0.25) is 0 Å². The molecule has 23 heavy (non-hydrogen) atoms. The Morgan fingerprint density at radius 1 is 1.30 bits per heavy atom. The van der Waals surface area contributed by atoms with Crippen molar-refractivity contribution in [3.8, 4) is 0 Å². The molecule has 1 aromatic heterocycles. The van der Waals surface area contributed by atoms with Crippen LogP contribution in [0, 0.1) is 6.92 Å². The van der Waals surface area contributed by atoms with E-state index < -0.39 is 0 Å². The van der Waals surface area contributed by atoms with Gasteiger partial charge in [-0.3, -0.25) is 9.89 Å². The summed E-state index contributed by atoms with van der Waals surface area (Å²) in [5, 5.41) is 6.72. The van der Waals surface area contributed by atoms with Crippen molar-refractivity contribution in [2.45, 2.75) is 33.2 Å². The molecule has 2 rings (SSSR count). The molecule has 2 N–H and O–H groups in total. The minimum absolute atomic E-state index is 0.342. The van der Waals surface area contributed by atoms with E-state index >= 15 is 0 Å². The first-order valence-electron chi connectivity index (χ1n) is 8.65. The molecule has 0 aliphatic carbocycles. The van der Waals surface area contributed by atoms with Crippen molar-refractivity contribution >= 4 is 17.3 Å². The zero-order valence-corrected chi connectivity index (χ0v) is 15.4. The Labute approximate surface area is 144 Å². The zero-order chi connectivity index (χ0) is 16.5. The number of hydrogen-bond acceptors (Lipinski definition) is 4. The van der Waals surface area contributed by atoms with Gasteiger partial charge in [-0.1, -0.05) is 6.92 Å². The molecule has 1 aliphatic rings. The Bertz CT molecular complexity index is 483. The monoisotopic (exact) mass is 338 g/mol. The molecule has 2 heterocycles.